The highest BCUT2D eigenvalue weighted by atomic mass is 31.2. The Morgan fingerprint density at radius 2 is 1.79 bits per heavy atom. The number of nitrogens with two attached hydrogens (primary N) is 2. The Kier molecular flexibility index (Phi) is 7.28. The van der Waals surface area contributed by atoms with Gasteiger partial charge in [0.05, 0.1) is 24.4 Å². The predicted octanol–water partition coefficient (Wildman–Crippen LogP) is 0.682. The molecule has 14 heteroatoms. The van der Waals surface area contributed by atoms with Crippen LogP contribution >= 0.6 is 7.37 Å². The molecule has 0 bridgehead atoms. The zero-order valence-corrected chi connectivity index (χ0v) is 19.1. The minimum atomic E-state index is -4.02. The number of carbonyl (C=O) groups is 2. The average Bonchev–Trinajstić information content (AvgIpc) is 2.76. The third-order valence-electron chi connectivity index (χ3n) is 5.12. The van der Waals surface area contributed by atoms with E-state index in [2.05, 4.69) is 19.9 Å². The smallest absolute Gasteiger partial charge is 0.307 e. The van der Waals surface area contributed by atoms with Crippen molar-refractivity contribution in [1.82, 2.24) is 19.9 Å². The first-order chi connectivity index (χ1) is 16.0. The van der Waals surface area contributed by atoms with E-state index in [0.717, 1.165) is 0 Å². The number of aromatic nitrogens is 4. The first kappa shape index (κ1) is 24.8. The molecule has 2 unspecified atom stereocenters. The maximum Gasteiger partial charge on any atom is 0.307 e. The third-order valence-corrected chi connectivity index (χ3v) is 7.16. The number of hydrogen-bond donors (Lipinski definition) is 5. The third kappa shape index (κ3) is 5.94. The number of hydrogen-bond acceptors (Lipinski definition) is 10. The molecule has 13 nitrogen and oxygen atoms in total. The number of aliphatic carboxylic acids is 2. The Balaban J connectivity index is 1.72. The minimum absolute atomic E-state index is 0.00184. The first-order valence-corrected chi connectivity index (χ1v) is 11.9. The van der Waals surface area contributed by atoms with Crippen LogP contribution < -0.4 is 21.7 Å². The predicted molar refractivity (Wildman–Crippen MR) is 125 cm³/mol. The summed E-state index contributed by atoms with van der Waals surface area (Å²) in [6.07, 6.45) is 0.351. The maximum atomic E-state index is 12.8. The molecule has 0 aliphatic carbocycles. The molecular formula is C20H24N7O6P. The quantitative estimate of drug-likeness (QED) is 0.248. The maximum absolute atomic E-state index is 12.8. The zero-order valence-electron chi connectivity index (χ0n) is 18.2. The molecule has 0 radical (unpaired) electrons. The summed E-state index contributed by atoms with van der Waals surface area (Å²) in [5.74, 6) is -3.60. The number of nitrogen functional groups attached to an aromatic ring is 2. The molecule has 7 N–H and O–H groups in total. The molecule has 0 aliphatic rings. The van der Waals surface area contributed by atoms with Crippen molar-refractivity contribution < 1.29 is 29.3 Å². The summed E-state index contributed by atoms with van der Waals surface area (Å²) in [6, 6.07) is 6.14. The Hall–Kier alpha value is -3.83. The van der Waals surface area contributed by atoms with E-state index in [-0.39, 0.29) is 29.1 Å². The van der Waals surface area contributed by atoms with Gasteiger partial charge in [-0.25, -0.2) is 9.97 Å². The summed E-state index contributed by atoms with van der Waals surface area (Å²) in [5, 5.41) is 18.1. The second-order valence-corrected chi connectivity index (χ2v) is 10.0. The highest BCUT2D eigenvalue weighted by Gasteiger charge is 2.31. The van der Waals surface area contributed by atoms with Crippen molar-refractivity contribution >= 4 is 53.2 Å². The van der Waals surface area contributed by atoms with E-state index in [1.807, 2.05) is 4.90 Å². The van der Waals surface area contributed by atoms with Gasteiger partial charge in [0.1, 0.15) is 0 Å². The first-order valence-electron chi connectivity index (χ1n) is 10.1. The topological polar surface area (TPSA) is 219 Å². The fraction of sp³-hybridized carbons (Fsp3) is 0.300. The van der Waals surface area contributed by atoms with Crippen LogP contribution in [0.5, 0.6) is 0 Å². The van der Waals surface area contributed by atoms with Gasteiger partial charge in [0.15, 0.2) is 17.0 Å². The zero-order chi connectivity index (χ0) is 25.0. The van der Waals surface area contributed by atoms with Crippen LogP contribution in [0.15, 0.2) is 30.5 Å². The van der Waals surface area contributed by atoms with Gasteiger partial charge in [-0.1, -0.05) is 0 Å². The molecule has 0 fully saturated rings. The second kappa shape index (κ2) is 9.98. The van der Waals surface area contributed by atoms with Crippen molar-refractivity contribution in [3.05, 3.63) is 36.2 Å². The number of fused-ring (bicyclic) bond motifs is 1. The van der Waals surface area contributed by atoms with Crippen molar-refractivity contribution in [2.45, 2.75) is 19.4 Å². The molecular weight excluding hydrogens is 465 g/mol. The van der Waals surface area contributed by atoms with E-state index in [0.29, 0.717) is 23.4 Å². The van der Waals surface area contributed by atoms with Crippen LogP contribution in [0, 0.1) is 5.92 Å². The lowest BCUT2D eigenvalue weighted by molar-refractivity contribution is -0.142. The number of benzene rings is 1. The van der Waals surface area contributed by atoms with Crippen molar-refractivity contribution in [2.75, 3.05) is 29.6 Å². The number of rotatable bonds is 10. The van der Waals surface area contributed by atoms with Gasteiger partial charge < -0.3 is 31.5 Å². The van der Waals surface area contributed by atoms with Gasteiger partial charge in [-0.05, 0) is 30.7 Å². The summed E-state index contributed by atoms with van der Waals surface area (Å²) in [6.45, 7) is 0.333. The van der Waals surface area contributed by atoms with E-state index < -0.39 is 37.8 Å². The molecule has 3 rings (SSSR count). The monoisotopic (exact) mass is 489 g/mol. The average molecular weight is 489 g/mol. The Labute approximate surface area is 193 Å². The highest BCUT2D eigenvalue weighted by Crippen LogP contribution is 2.42. The van der Waals surface area contributed by atoms with E-state index in [4.69, 9.17) is 16.6 Å². The highest BCUT2D eigenvalue weighted by molar-refractivity contribution is 7.66. The van der Waals surface area contributed by atoms with Gasteiger partial charge in [-0.15, -0.1) is 0 Å². The lowest BCUT2D eigenvalue weighted by Crippen LogP contribution is -2.23. The fourth-order valence-electron chi connectivity index (χ4n) is 3.33. The fourth-order valence-corrected chi connectivity index (χ4v) is 5.09. The van der Waals surface area contributed by atoms with Crippen LogP contribution in [-0.4, -0.2) is 60.2 Å². The largest absolute Gasteiger partial charge is 0.481 e. The van der Waals surface area contributed by atoms with Gasteiger partial charge in [0.2, 0.25) is 13.3 Å². The number of carboxylic acids is 2. The van der Waals surface area contributed by atoms with Crippen LogP contribution in [0.4, 0.5) is 17.5 Å². The number of anilines is 3. The molecule has 0 saturated carbocycles. The summed E-state index contributed by atoms with van der Waals surface area (Å²) < 4.78 is 12.8. The van der Waals surface area contributed by atoms with E-state index in [9.17, 15) is 24.2 Å². The molecule has 3 aromatic rings. The number of nitrogens with zero attached hydrogens (tertiary/aromatic N) is 5. The van der Waals surface area contributed by atoms with E-state index in [1.54, 1.807) is 19.2 Å². The molecule has 2 heterocycles. The lowest BCUT2D eigenvalue weighted by atomic mass is 10.1. The van der Waals surface area contributed by atoms with E-state index >= 15 is 0 Å². The second-order valence-electron chi connectivity index (χ2n) is 7.72. The molecule has 180 valence electrons. The van der Waals surface area contributed by atoms with Gasteiger partial charge in [-0.3, -0.25) is 14.2 Å². The molecule has 0 spiro atoms. The summed E-state index contributed by atoms with van der Waals surface area (Å²) in [7, 11) is -2.23. The number of carboxylic acid groups (broad SMARTS) is 2. The van der Waals surface area contributed by atoms with Gasteiger partial charge in [0.25, 0.3) is 0 Å². The summed E-state index contributed by atoms with van der Waals surface area (Å²) in [4.78, 5) is 50.9. The van der Waals surface area contributed by atoms with Crippen LogP contribution in [0.25, 0.3) is 11.2 Å². The van der Waals surface area contributed by atoms with Crippen LogP contribution in [0.3, 0.4) is 0 Å². The van der Waals surface area contributed by atoms with Gasteiger partial charge >= 0.3 is 11.9 Å². The van der Waals surface area contributed by atoms with Crippen LogP contribution in [0.1, 0.15) is 18.5 Å². The van der Waals surface area contributed by atoms with Crippen LogP contribution in [-0.2, 0) is 20.7 Å². The summed E-state index contributed by atoms with van der Waals surface area (Å²) in [5.41, 5.74) is 13.3. The standard InChI is InChI=1S/C20H24N7O6P/c1-27(9-12-8-23-18-16(24-12)17(21)25-20(22)26-18)13-3-5-14(6-4-13)34(32,33)10-11(19(30)31)2-7-15(28)29/h3-6,8,11H,2,7,9-10H2,1H3,(H,28,29)(H,30,31)(H,32,33)(H4,21,22,23,25,26). The van der Waals surface area contributed by atoms with E-state index in [1.165, 1.54) is 18.3 Å². The molecule has 0 amide bonds. The molecule has 0 saturated heterocycles. The molecule has 2 aromatic heterocycles. The van der Waals surface area contributed by atoms with Crippen molar-refractivity contribution in [1.29, 1.82) is 0 Å². The molecule has 0 aliphatic heterocycles. The van der Waals surface area contributed by atoms with Crippen molar-refractivity contribution in [3.63, 3.8) is 0 Å². The normalized spacial score (nSPS) is 13.8. The molecule has 1 aromatic carbocycles. The van der Waals surface area contributed by atoms with Crippen LogP contribution in [0.2, 0.25) is 0 Å². The lowest BCUT2D eigenvalue weighted by Gasteiger charge is -2.21. The Morgan fingerprint density at radius 1 is 1.12 bits per heavy atom. The van der Waals surface area contributed by atoms with Gasteiger partial charge in [-0.2, -0.15) is 9.97 Å². The molecule has 2 atom stereocenters. The van der Waals surface area contributed by atoms with Crippen molar-refractivity contribution in [3.8, 4) is 0 Å². The Morgan fingerprint density at radius 3 is 2.41 bits per heavy atom. The Bertz CT molecular complexity index is 1270. The summed E-state index contributed by atoms with van der Waals surface area (Å²) >= 11 is 0. The minimum Gasteiger partial charge on any atom is -0.481 e. The molecule has 34 heavy (non-hydrogen) atoms. The van der Waals surface area contributed by atoms with Gasteiger partial charge in [0, 0.05) is 30.6 Å². The van der Waals surface area contributed by atoms with Crippen molar-refractivity contribution in [2.24, 2.45) is 5.92 Å². The SMILES string of the molecule is CN(Cc1cnc2nc(N)nc(N)c2n1)c1ccc(P(=O)(O)CC(CCC(=O)O)C(=O)O)cc1.